The zero-order valence-corrected chi connectivity index (χ0v) is 19.7. The average molecular weight is 503 g/mol. The quantitative estimate of drug-likeness (QED) is 0.390. The van der Waals surface area contributed by atoms with Gasteiger partial charge in [-0.25, -0.2) is 4.98 Å². The summed E-state index contributed by atoms with van der Waals surface area (Å²) in [6.45, 7) is 0. The first-order chi connectivity index (χ1) is 15.5. The van der Waals surface area contributed by atoms with Crippen LogP contribution in [0.25, 0.3) is 10.2 Å². The Balaban J connectivity index is 1.28. The molecule has 2 aliphatic heterocycles. The van der Waals surface area contributed by atoms with E-state index in [4.69, 9.17) is 0 Å². The maximum Gasteiger partial charge on any atom is 0.253 e. The monoisotopic (exact) mass is 502 g/mol. The predicted molar refractivity (Wildman–Crippen MR) is 125 cm³/mol. The number of hydrogen-bond acceptors (Lipinski definition) is 9. The number of thiophene rings is 1. The predicted octanol–water partition coefficient (Wildman–Crippen LogP) is 2.10. The van der Waals surface area contributed by atoms with Gasteiger partial charge >= 0.3 is 0 Å². The van der Waals surface area contributed by atoms with E-state index in [9.17, 15) is 19.5 Å². The molecule has 0 bridgehead atoms. The van der Waals surface area contributed by atoms with Crippen LogP contribution in [0.15, 0.2) is 57.4 Å². The second-order valence-corrected chi connectivity index (χ2v) is 11.6. The van der Waals surface area contributed by atoms with Crippen molar-refractivity contribution in [3.63, 3.8) is 0 Å². The van der Waals surface area contributed by atoms with E-state index >= 15 is 0 Å². The molecule has 2 aromatic heterocycles. The van der Waals surface area contributed by atoms with Gasteiger partial charge in [-0.3, -0.25) is 14.5 Å². The highest BCUT2D eigenvalue weighted by molar-refractivity contribution is 8.02. The largest absolute Gasteiger partial charge is 0.543 e. The Morgan fingerprint density at radius 2 is 2.09 bits per heavy atom. The van der Waals surface area contributed by atoms with Crippen molar-refractivity contribution < 1.29 is 19.5 Å². The van der Waals surface area contributed by atoms with Crippen LogP contribution in [0.5, 0.6) is 0 Å². The van der Waals surface area contributed by atoms with Crippen molar-refractivity contribution in [2.24, 2.45) is 0 Å². The fraction of sp³-hybridized carbons (Fsp3) is 0.238. The number of carbonyl (C=O) groups is 3. The number of aliphatic carboxylic acids is 1. The van der Waals surface area contributed by atoms with E-state index in [-0.39, 0.29) is 18.0 Å². The Hall–Kier alpha value is -2.34. The van der Waals surface area contributed by atoms with Crippen molar-refractivity contribution in [3.8, 4) is 0 Å². The molecule has 2 aliphatic rings. The van der Waals surface area contributed by atoms with Crippen molar-refractivity contribution in [1.82, 2.24) is 15.2 Å². The summed E-state index contributed by atoms with van der Waals surface area (Å²) in [4.78, 5) is 43.7. The van der Waals surface area contributed by atoms with Crippen LogP contribution in [0, 0.1) is 0 Å². The fourth-order valence-electron chi connectivity index (χ4n) is 3.64. The molecule has 0 aliphatic carbocycles. The van der Waals surface area contributed by atoms with Gasteiger partial charge in [0.25, 0.3) is 5.91 Å². The van der Waals surface area contributed by atoms with Gasteiger partial charge in [0.2, 0.25) is 5.91 Å². The number of nitrogens with zero attached hydrogens (tertiary/aromatic N) is 2. The standard InChI is InChI=1S/C21H17N3O4S4/c25-15(8-12-4-3-7-29-12)23-16-18(26)24-17(20(27)28)11(9-30-19(16)24)10-31-21-22-13-5-1-2-6-14(13)32-21/h1-7,16,19H,8-10H2,(H,23,25)(H,27,28)/p-1. The number of amides is 2. The Morgan fingerprint density at radius 1 is 1.25 bits per heavy atom. The number of para-hydroxylation sites is 1. The summed E-state index contributed by atoms with van der Waals surface area (Å²) < 4.78 is 1.92. The van der Waals surface area contributed by atoms with Crippen LogP contribution < -0.4 is 10.4 Å². The first kappa shape index (κ1) is 21.5. The van der Waals surface area contributed by atoms with Crippen LogP contribution in [0.2, 0.25) is 0 Å². The Labute approximate surface area is 199 Å². The highest BCUT2D eigenvalue weighted by Crippen LogP contribution is 2.42. The number of thiazole rings is 1. The molecule has 2 unspecified atom stereocenters. The third-order valence-corrected chi connectivity index (χ3v) is 9.60. The molecule has 2 atom stereocenters. The lowest BCUT2D eigenvalue weighted by molar-refractivity contribution is -0.301. The lowest BCUT2D eigenvalue weighted by Gasteiger charge is -2.50. The number of rotatable bonds is 7. The van der Waals surface area contributed by atoms with Gasteiger partial charge < -0.3 is 15.2 Å². The number of β-lactam (4-membered cyclic amide) rings is 1. The molecule has 3 aromatic rings. The van der Waals surface area contributed by atoms with Gasteiger partial charge in [-0.2, -0.15) is 0 Å². The average Bonchev–Trinajstić information content (AvgIpc) is 3.44. The van der Waals surface area contributed by atoms with E-state index < -0.39 is 23.3 Å². The molecule has 1 fully saturated rings. The molecular weight excluding hydrogens is 487 g/mol. The SMILES string of the molecule is O=C(Cc1cccs1)NC1C(=O)N2C(C(=O)[O-])=C(CSc3nc4ccccc4s3)CSC12. The minimum absolute atomic E-state index is 0.0730. The van der Waals surface area contributed by atoms with Crippen molar-refractivity contribution in [2.45, 2.75) is 22.2 Å². The topological polar surface area (TPSA) is 102 Å². The Kier molecular flexibility index (Phi) is 5.97. The molecule has 7 nitrogen and oxygen atoms in total. The molecular formula is C21H16N3O4S4-. The smallest absolute Gasteiger partial charge is 0.253 e. The van der Waals surface area contributed by atoms with Crippen molar-refractivity contribution in [1.29, 1.82) is 0 Å². The molecule has 0 radical (unpaired) electrons. The molecule has 5 rings (SSSR count). The van der Waals surface area contributed by atoms with E-state index in [1.165, 1.54) is 39.8 Å². The Bertz CT molecular complexity index is 1200. The molecule has 0 saturated carbocycles. The molecule has 1 aromatic carbocycles. The summed E-state index contributed by atoms with van der Waals surface area (Å²) in [5.74, 6) is -1.17. The van der Waals surface area contributed by atoms with E-state index in [2.05, 4.69) is 10.3 Å². The lowest BCUT2D eigenvalue weighted by Crippen LogP contribution is -2.71. The zero-order chi connectivity index (χ0) is 22.2. The maximum absolute atomic E-state index is 12.7. The number of carbonyl (C=O) groups excluding carboxylic acids is 3. The third-order valence-electron chi connectivity index (χ3n) is 5.12. The van der Waals surface area contributed by atoms with Gasteiger partial charge in [-0.15, -0.1) is 34.4 Å². The number of carboxylic acid groups (broad SMARTS) is 1. The molecule has 2 amide bonds. The molecule has 4 heterocycles. The first-order valence-corrected chi connectivity index (χ1v) is 13.4. The summed E-state index contributed by atoms with van der Waals surface area (Å²) >= 11 is 5.94. The number of benzene rings is 1. The zero-order valence-electron chi connectivity index (χ0n) is 16.5. The summed E-state index contributed by atoms with van der Waals surface area (Å²) in [5.41, 5.74) is 1.47. The van der Waals surface area contributed by atoms with Crippen LogP contribution in [0.3, 0.4) is 0 Å². The van der Waals surface area contributed by atoms with Gasteiger partial charge in [0.05, 0.1) is 28.3 Å². The summed E-state index contributed by atoms with van der Waals surface area (Å²) in [5, 5.41) is 16.1. The van der Waals surface area contributed by atoms with Crippen LogP contribution in [-0.2, 0) is 20.8 Å². The normalized spacial score (nSPS) is 20.2. The Morgan fingerprint density at radius 3 is 2.84 bits per heavy atom. The minimum atomic E-state index is -1.37. The van der Waals surface area contributed by atoms with Crippen LogP contribution in [0.1, 0.15) is 4.88 Å². The van der Waals surface area contributed by atoms with Gasteiger partial charge in [0, 0.05) is 16.4 Å². The van der Waals surface area contributed by atoms with E-state index in [0.717, 1.165) is 19.4 Å². The highest BCUT2D eigenvalue weighted by Gasteiger charge is 2.52. The van der Waals surface area contributed by atoms with Gasteiger partial charge in [0.1, 0.15) is 11.4 Å². The number of nitrogens with one attached hydrogen (secondary N) is 1. The lowest BCUT2D eigenvalue weighted by atomic mass is 10.0. The summed E-state index contributed by atoms with van der Waals surface area (Å²) in [6, 6.07) is 10.8. The minimum Gasteiger partial charge on any atom is -0.543 e. The number of fused-ring (bicyclic) bond motifs is 2. The van der Waals surface area contributed by atoms with E-state index in [1.54, 1.807) is 11.3 Å². The summed E-state index contributed by atoms with van der Waals surface area (Å²) in [6.07, 6.45) is 0.200. The molecule has 0 spiro atoms. The first-order valence-electron chi connectivity index (χ1n) is 9.69. The van der Waals surface area contributed by atoms with Crippen LogP contribution >= 0.6 is 46.2 Å². The molecule has 164 valence electrons. The highest BCUT2D eigenvalue weighted by atomic mass is 32.2. The second-order valence-electron chi connectivity index (χ2n) is 7.19. The van der Waals surface area contributed by atoms with Crippen molar-refractivity contribution in [3.05, 3.63) is 57.9 Å². The van der Waals surface area contributed by atoms with Crippen molar-refractivity contribution in [2.75, 3.05) is 11.5 Å². The maximum atomic E-state index is 12.7. The number of carboxylic acids is 1. The van der Waals surface area contributed by atoms with Gasteiger partial charge in [-0.1, -0.05) is 30.0 Å². The van der Waals surface area contributed by atoms with E-state index in [0.29, 0.717) is 17.1 Å². The number of thioether (sulfide) groups is 2. The van der Waals surface area contributed by atoms with Gasteiger partial charge in [0.15, 0.2) is 4.34 Å². The van der Waals surface area contributed by atoms with E-state index in [1.807, 2.05) is 41.8 Å². The van der Waals surface area contributed by atoms with Crippen molar-refractivity contribution >= 4 is 74.2 Å². The molecule has 1 N–H and O–H groups in total. The number of aromatic nitrogens is 1. The van der Waals surface area contributed by atoms with Crippen LogP contribution in [-0.4, -0.2) is 50.6 Å². The number of hydrogen-bond donors (Lipinski definition) is 1. The summed E-state index contributed by atoms with van der Waals surface area (Å²) in [7, 11) is 0. The third kappa shape index (κ3) is 4.05. The van der Waals surface area contributed by atoms with Gasteiger partial charge in [-0.05, 0) is 29.2 Å². The molecule has 1 saturated heterocycles. The second kappa shape index (κ2) is 8.89. The molecule has 32 heavy (non-hydrogen) atoms. The van der Waals surface area contributed by atoms with Crippen LogP contribution in [0.4, 0.5) is 0 Å². The fourth-order valence-corrected chi connectivity index (χ4v) is 7.90. The molecule has 11 heteroatoms.